The number of pyridine rings is 1. The minimum atomic E-state index is 0.326. The standard InChI is InChI=1S/C14H21N5O/c1-4-15-12(8-13-10-19(2)18-17-13)7-11-5-6-14(20-3)16-9-11/h5-6,9-10,12,15H,4,7-8H2,1-3H3. The monoisotopic (exact) mass is 275 g/mol. The molecular formula is C14H21N5O. The predicted octanol–water partition coefficient (Wildman–Crippen LogP) is 0.982. The molecule has 0 spiro atoms. The van der Waals surface area contributed by atoms with Crippen LogP contribution in [0.25, 0.3) is 0 Å². The molecule has 1 N–H and O–H groups in total. The van der Waals surface area contributed by atoms with Crippen LogP contribution in [-0.2, 0) is 19.9 Å². The summed E-state index contributed by atoms with van der Waals surface area (Å²) in [6.07, 6.45) is 5.57. The molecule has 2 rings (SSSR count). The number of methoxy groups -OCH3 is 1. The van der Waals surface area contributed by atoms with Crippen LogP contribution < -0.4 is 10.1 Å². The molecule has 2 aromatic heterocycles. The molecular weight excluding hydrogens is 254 g/mol. The van der Waals surface area contributed by atoms with Crippen molar-refractivity contribution >= 4 is 0 Å². The molecule has 0 aliphatic carbocycles. The van der Waals surface area contributed by atoms with Crippen LogP contribution in [0.4, 0.5) is 0 Å². The molecule has 0 radical (unpaired) electrons. The molecule has 2 heterocycles. The van der Waals surface area contributed by atoms with Crippen LogP contribution >= 0.6 is 0 Å². The van der Waals surface area contributed by atoms with E-state index in [0.29, 0.717) is 11.9 Å². The Morgan fingerprint density at radius 1 is 1.35 bits per heavy atom. The molecule has 0 saturated carbocycles. The number of rotatable bonds is 7. The summed E-state index contributed by atoms with van der Waals surface area (Å²) in [6, 6.07) is 4.26. The summed E-state index contributed by atoms with van der Waals surface area (Å²) in [5, 5.41) is 11.6. The molecule has 108 valence electrons. The van der Waals surface area contributed by atoms with Crippen LogP contribution in [0.3, 0.4) is 0 Å². The van der Waals surface area contributed by atoms with E-state index >= 15 is 0 Å². The van der Waals surface area contributed by atoms with E-state index in [1.807, 2.05) is 31.6 Å². The van der Waals surface area contributed by atoms with Crippen molar-refractivity contribution in [3.05, 3.63) is 35.8 Å². The van der Waals surface area contributed by atoms with Crippen LogP contribution in [0, 0.1) is 0 Å². The van der Waals surface area contributed by atoms with Crippen molar-refractivity contribution < 1.29 is 4.74 Å². The summed E-state index contributed by atoms with van der Waals surface area (Å²) in [5.41, 5.74) is 2.18. The number of nitrogens with one attached hydrogen (secondary N) is 1. The van der Waals surface area contributed by atoms with Gasteiger partial charge < -0.3 is 10.1 Å². The van der Waals surface area contributed by atoms with Gasteiger partial charge in [0.15, 0.2) is 0 Å². The van der Waals surface area contributed by atoms with Crippen molar-refractivity contribution in [2.75, 3.05) is 13.7 Å². The van der Waals surface area contributed by atoms with Gasteiger partial charge in [-0.05, 0) is 18.5 Å². The lowest BCUT2D eigenvalue weighted by Gasteiger charge is -2.16. The number of aryl methyl sites for hydroxylation is 1. The first-order chi connectivity index (χ1) is 9.71. The van der Waals surface area contributed by atoms with E-state index in [2.05, 4.69) is 27.5 Å². The highest BCUT2D eigenvalue weighted by molar-refractivity contribution is 5.19. The van der Waals surface area contributed by atoms with Gasteiger partial charge in [-0.2, -0.15) is 0 Å². The largest absolute Gasteiger partial charge is 0.481 e. The lowest BCUT2D eigenvalue weighted by atomic mass is 10.0. The third-order valence-corrected chi connectivity index (χ3v) is 3.09. The average molecular weight is 275 g/mol. The summed E-state index contributed by atoms with van der Waals surface area (Å²) in [7, 11) is 3.50. The summed E-state index contributed by atoms with van der Waals surface area (Å²) >= 11 is 0. The van der Waals surface area contributed by atoms with Crippen molar-refractivity contribution in [2.45, 2.75) is 25.8 Å². The van der Waals surface area contributed by atoms with E-state index in [1.165, 1.54) is 5.56 Å². The van der Waals surface area contributed by atoms with Gasteiger partial charge in [-0.3, -0.25) is 4.68 Å². The smallest absolute Gasteiger partial charge is 0.212 e. The fourth-order valence-electron chi connectivity index (χ4n) is 2.18. The zero-order valence-electron chi connectivity index (χ0n) is 12.2. The zero-order valence-corrected chi connectivity index (χ0v) is 12.2. The summed E-state index contributed by atoms with van der Waals surface area (Å²) < 4.78 is 6.80. The summed E-state index contributed by atoms with van der Waals surface area (Å²) in [4.78, 5) is 4.24. The second-order valence-corrected chi connectivity index (χ2v) is 4.76. The molecule has 6 heteroatoms. The van der Waals surface area contributed by atoms with Gasteiger partial charge >= 0.3 is 0 Å². The number of nitrogens with zero attached hydrogens (tertiary/aromatic N) is 4. The number of hydrogen-bond acceptors (Lipinski definition) is 5. The van der Waals surface area contributed by atoms with Crippen molar-refractivity contribution in [2.24, 2.45) is 7.05 Å². The van der Waals surface area contributed by atoms with Gasteiger partial charge in [-0.25, -0.2) is 4.98 Å². The van der Waals surface area contributed by atoms with Crippen LogP contribution in [-0.4, -0.2) is 39.7 Å². The molecule has 6 nitrogen and oxygen atoms in total. The topological polar surface area (TPSA) is 64.9 Å². The normalized spacial score (nSPS) is 12.3. The van der Waals surface area contributed by atoms with Crippen LogP contribution in [0.5, 0.6) is 5.88 Å². The molecule has 0 aliphatic rings. The van der Waals surface area contributed by atoms with Crippen molar-refractivity contribution in [3.63, 3.8) is 0 Å². The molecule has 1 unspecified atom stereocenters. The first-order valence-electron chi connectivity index (χ1n) is 6.78. The number of ether oxygens (including phenoxy) is 1. The van der Waals surface area contributed by atoms with Gasteiger partial charge in [0, 0.05) is 38.0 Å². The Morgan fingerprint density at radius 2 is 2.20 bits per heavy atom. The number of likely N-dealkylation sites (N-methyl/N-ethyl adjacent to an activating group) is 1. The van der Waals surface area contributed by atoms with Crippen molar-refractivity contribution in [1.29, 1.82) is 0 Å². The minimum Gasteiger partial charge on any atom is -0.481 e. The maximum absolute atomic E-state index is 5.07. The second kappa shape index (κ2) is 7.00. The fourth-order valence-corrected chi connectivity index (χ4v) is 2.18. The van der Waals surface area contributed by atoms with Crippen LogP contribution in [0.2, 0.25) is 0 Å². The predicted molar refractivity (Wildman–Crippen MR) is 76.7 cm³/mol. The molecule has 0 bridgehead atoms. The number of aromatic nitrogens is 4. The third kappa shape index (κ3) is 4.03. The van der Waals surface area contributed by atoms with E-state index in [1.54, 1.807) is 11.8 Å². The van der Waals surface area contributed by atoms with Gasteiger partial charge in [0.1, 0.15) is 0 Å². The van der Waals surface area contributed by atoms with E-state index in [4.69, 9.17) is 4.74 Å². The Labute approximate surface area is 119 Å². The Morgan fingerprint density at radius 3 is 2.75 bits per heavy atom. The first kappa shape index (κ1) is 14.5. The lowest BCUT2D eigenvalue weighted by Crippen LogP contribution is -2.33. The van der Waals surface area contributed by atoms with Gasteiger partial charge in [-0.15, -0.1) is 5.10 Å². The molecule has 0 amide bonds. The molecule has 0 aliphatic heterocycles. The molecule has 0 fully saturated rings. The van der Waals surface area contributed by atoms with Gasteiger partial charge in [0.05, 0.1) is 12.8 Å². The molecule has 2 aromatic rings. The van der Waals surface area contributed by atoms with Gasteiger partial charge in [-0.1, -0.05) is 18.2 Å². The first-order valence-corrected chi connectivity index (χ1v) is 6.78. The highest BCUT2D eigenvalue weighted by Crippen LogP contribution is 2.10. The SMILES string of the molecule is CCNC(Cc1ccc(OC)nc1)Cc1cn(C)nn1. The average Bonchev–Trinajstić information content (AvgIpc) is 2.85. The summed E-state index contributed by atoms with van der Waals surface area (Å²) in [5.74, 6) is 0.641. The van der Waals surface area contributed by atoms with E-state index in [0.717, 1.165) is 25.1 Å². The number of hydrogen-bond donors (Lipinski definition) is 1. The molecule has 0 saturated heterocycles. The lowest BCUT2D eigenvalue weighted by molar-refractivity contribution is 0.397. The highest BCUT2D eigenvalue weighted by Gasteiger charge is 2.12. The molecule has 20 heavy (non-hydrogen) atoms. The molecule has 1 atom stereocenters. The Bertz CT molecular complexity index is 523. The highest BCUT2D eigenvalue weighted by atomic mass is 16.5. The maximum Gasteiger partial charge on any atom is 0.212 e. The van der Waals surface area contributed by atoms with Gasteiger partial charge in [0.25, 0.3) is 0 Å². The van der Waals surface area contributed by atoms with Crippen LogP contribution in [0.1, 0.15) is 18.2 Å². The third-order valence-electron chi connectivity index (χ3n) is 3.09. The van der Waals surface area contributed by atoms with Crippen molar-refractivity contribution in [1.82, 2.24) is 25.3 Å². The van der Waals surface area contributed by atoms with E-state index < -0.39 is 0 Å². The Balaban J connectivity index is 2.00. The van der Waals surface area contributed by atoms with Crippen molar-refractivity contribution in [3.8, 4) is 5.88 Å². The zero-order chi connectivity index (χ0) is 14.4. The Hall–Kier alpha value is -1.95. The van der Waals surface area contributed by atoms with Crippen LogP contribution in [0.15, 0.2) is 24.5 Å². The van der Waals surface area contributed by atoms with E-state index in [9.17, 15) is 0 Å². The van der Waals surface area contributed by atoms with E-state index in [-0.39, 0.29) is 0 Å². The minimum absolute atomic E-state index is 0.326. The quantitative estimate of drug-likeness (QED) is 0.816. The van der Waals surface area contributed by atoms with Gasteiger partial charge in [0.2, 0.25) is 5.88 Å². The Kier molecular flexibility index (Phi) is 5.06. The summed E-state index contributed by atoms with van der Waals surface area (Å²) in [6.45, 7) is 3.03. The second-order valence-electron chi connectivity index (χ2n) is 4.76. The maximum atomic E-state index is 5.07. The fraction of sp³-hybridized carbons (Fsp3) is 0.500. The molecule has 0 aromatic carbocycles.